The molecule has 2 aromatic carbocycles. The number of rotatable bonds is 17. The number of aliphatic hydroxyl groups is 6. The summed E-state index contributed by atoms with van der Waals surface area (Å²) in [6, 6.07) is 0. The molecule has 0 aliphatic rings. The molecule has 406 valence electrons. The highest BCUT2D eigenvalue weighted by atomic mass is 16.3. The third-order valence-electron chi connectivity index (χ3n) is 8.69. The van der Waals surface area contributed by atoms with E-state index >= 15 is 0 Å². The van der Waals surface area contributed by atoms with Crippen molar-refractivity contribution in [1.82, 2.24) is 20.4 Å². The van der Waals surface area contributed by atoms with Crippen molar-refractivity contribution in [2.45, 2.75) is 144 Å². The molecule has 0 heterocycles. The number of nitrogens with zero attached hydrogens (tertiary/aromatic N) is 2. The van der Waals surface area contributed by atoms with E-state index in [2.05, 4.69) is 21.3 Å². The summed E-state index contributed by atoms with van der Waals surface area (Å²) in [7, 11) is 6.94. The maximum absolute atomic E-state index is 13.0. The molecule has 0 spiro atoms. The average molecular weight is 989 g/mol. The van der Waals surface area contributed by atoms with Crippen molar-refractivity contribution in [2.24, 2.45) is 0 Å². The summed E-state index contributed by atoms with van der Waals surface area (Å²) < 4.78 is 0. The SMILES string of the molecule is CC.CC.CC.CC.CC.CC.CN(C)CC(O)CO.CNc1c(C)c(C(=O)NCCNC=O)c(C)c(C(=O)N(C)CC(O)CO)c1C.Cc1c(C)c(C=O)c(C)c(NC(=O)CO)c1C.O=CCO. The number of anilines is 2. The molecular weight excluding hydrogens is 889 g/mol. The molecule has 0 fully saturated rings. The van der Waals surface area contributed by atoms with Crippen LogP contribution in [0.15, 0.2) is 0 Å². The van der Waals surface area contributed by atoms with Gasteiger partial charge < -0.3 is 66.5 Å². The zero-order valence-corrected chi connectivity index (χ0v) is 47.1. The summed E-state index contributed by atoms with van der Waals surface area (Å²) in [5.74, 6) is -1.17. The van der Waals surface area contributed by atoms with E-state index in [0.717, 1.165) is 28.5 Å². The molecule has 2 unspecified atom stereocenters. The minimum absolute atomic E-state index is 0.0319. The number of nitrogens with one attached hydrogen (secondary N) is 4. The van der Waals surface area contributed by atoms with E-state index in [0.29, 0.717) is 70.5 Å². The molecule has 2 rings (SSSR count). The summed E-state index contributed by atoms with van der Waals surface area (Å²) in [6.07, 6.45) is 0.147. The summed E-state index contributed by atoms with van der Waals surface area (Å²) in [6.45, 7) is 36.3. The van der Waals surface area contributed by atoms with Gasteiger partial charge in [0, 0.05) is 68.3 Å². The van der Waals surface area contributed by atoms with Crippen LogP contribution >= 0.6 is 0 Å². The molecule has 0 aliphatic heterocycles. The molecule has 4 amide bonds. The van der Waals surface area contributed by atoms with Gasteiger partial charge in [-0.3, -0.25) is 24.0 Å². The second-order valence-electron chi connectivity index (χ2n) is 13.2. The van der Waals surface area contributed by atoms with Gasteiger partial charge >= 0.3 is 0 Å². The van der Waals surface area contributed by atoms with Gasteiger partial charge in [-0.1, -0.05) is 83.1 Å². The normalized spacial score (nSPS) is 9.77. The molecule has 0 bridgehead atoms. The molecule has 2 atom stereocenters. The largest absolute Gasteiger partial charge is 0.394 e. The first-order valence-electron chi connectivity index (χ1n) is 24.0. The third-order valence-corrected chi connectivity index (χ3v) is 8.69. The van der Waals surface area contributed by atoms with Crippen LogP contribution in [0.1, 0.15) is 153 Å². The lowest BCUT2D eigenvalue weighted by Gasteiger charge is -2.25. The van der Waals surface area contributed by atoms with Crippen LogP contribution < -0.4 is 21.3 Å². The fourth-order valence-electron chi connectivity index (χ4n) is 5.69. The fraction of sp³-hybridized carbons (Fsp3) is 0.647. The van der Waals surface area contributed by atoms with Crippen LogP contribution in [0.5, 0.6) is 0 Å². The van der Waals surface area contributed by atoms with Crippen LogP contribution in [0.25, 0.3) is 0 Å². The highest BCUT2D eigenvalue weighted by Gasteiger charge is 2.27. The van der Waals surface area contributed by atoms with Crippen molar-refractivity contribution in [3.63, 3.8) is 0 Å². The Morgan fingerprint density at radius 3 is 1.36 bits per heavy atom. The van der Waals surface area contributed by atoms with Crippen LogP contribution in [-0.2, 0) is 14.4 Å². The number of aldehydes is 2. The maximum Gasteiger partial charge on any atom is 0.254 e. The van der Waals surface area contributed by atoms with E-state index < -0.39 is 31.3 Å². The first-order chi connectivity index (χ1) is 32.7. The first-order valence-corrected chi connectivity index (χ1v) is 24.0. The standard InChI is InChI=1S/C19H30N4O5.C13H17NO3.C5H13NO2.C2H4O2.6C2H6/c1-11-15(18(27)22-7-6-21-10-25)12(2)17(20-4)13(3)16(11)19(28)23(5)8-14(26)9-24;1-7-8(2)11(5-15)10(4)13(9(7)3)14-12(17)6-16;1-6(2)3-5(8)4-7;3-1-2-4;6*1-2/h10,14,20,24,26H,6-9H2,1-5H3,(H,21,25)(H,22,27);5,16H,6H2,1-4H3,(H,14,17);5,7-8H,3-4H2,1-2H3;1,4H,2H2;6*1-2H3. The van der Waals surface area contributed by atoms with Gasteiger partial charge in [-0.05, 0) is 102 Å². The van der Waals surface area contributed by atoms with Gasteiger partial charge in [0.1, 0.15) is 12.9 Å². The molecule has 0 aliphatic carbocycles. The summed E-state index contributed by atoms with van der Waals surface area (Å²) in [4.78, 5) is 70.4. The topological polar surface area (TPSA) is 278 Å². The number of amides is 4. The molecule has 2 aromatic rings. The third kappa shape index (κ3) is 33.4. The molecule has 18 heteroatoms. The Morgan fingerprint density at radius 2 is 1.01 bits per heavy atom. The highest BCUT2D eigenvalue weighted by Crippen LogP contribution is 2.32. The van der Waals surface area contributed by atoms with Crippen LogP contribution in [0.3, 0.4) is 0 Å². The smallest absolute Gasteiger partial charge is 0.254 e. The van der Waals surface area contributed by atoms with E-state index in [1.54, 1.807) is 34.7 Å². The maximum atomic E-state index is 13.0. The molecule has 0 saturated heterocycles. The Kier molecular flexibility index (Phi) is 63.7. The molecule has 0 saturated carbocycles. The molecule has 10 N–H and O–H groups in total. The van der Waals surface area contributed by atoms with Crippen molar-refractivity contribution in [3.05, 3.63) is 55.6 Å². The summed E-state index contributed by atoms with van der Waals surface area (Å²) in [5.41, 5.74) is 8.18. The number of carbonyl (C=O) groups is 6. The second-order valence-corrected chi connectivity index (χ2v) is 13.2. The number of carbonyl (C=O) groups excluding carboxylic acids is 6. The van der Waals surface area contributed by atoms with Gasteiger partial charge in [-0.25, -0.2) is 0 Å². The lowest BCUT2D eigenvalue weighted by molar-refractivity contribution is -0.118. The van der Waals surface area contributed by atoms with E-state index in [1.165, 1.54) is 11.9 Å². The Bertz CT molecular complexity index is 1640. The first kappa shape index (κ1) is 81.2. The number of hydrogen-bond acceptors (Lipinski definition) is 14. The van der Waals surface area contributed by atoms with E-state index in [4.69, 9.17) is 30.3 Å². The highest BCUT2D eigenvalue weighted by molar-refractivity contribution is 6.06. The minimum Gasteiger partial charge on any atom is -0.394 e. The van der Waals surface area contributed by atoms with Gasteiger partial charge in [0.25, 0.3) is 11.8 Å². The molecule has 69 heavy (non-hydrogen) atoms. The van der Waals surface area contributed by atoms with Crippen LogP contribution in [0.4, 0.5) is 11.4 Å². The number of likely N-dealkylation sites (N-methyl/N-ethyl adjacent to an activating group) is 2. The van der Waals surface area contributed by atoms with Gasteiger partial charge in [-0.15, -0.1) is 0 Å². The number of hydrogen-bond donors (Lipinski definition) is 10. The van der Waals surface area contributed by atoms with Gasteiger partial charge in [0.05, 0.1) is 32.0 Å². The lowest BCUT2D eigenvalue weighted by Crippen LogP contribution is -2.37. The van der Waals surface area contributed by atoms with Crippen molar-refractivity contribution in [2.75, 3.05) is 91.4 Å². The summed E-state index contributed by atoms with van der Waals surface area (Å²) in [5, 5.41) is 62.8. The van der Waals surface area contributed by atoms with Crippen molar-refractivity contribution in [3.8, 4) is 0 Å². The molecule has 0 radical (unpaired) electrons. The second kappa shape index (κ2) is 54.1. The summed E-state index contributed by atoms with van der Waals surface area (Å²) >= 11 is 0. The predicted molar refractivity (Wildman–Crippen MR) is 286 cm³/mol. The van der Waals surface area contributed by atoms with E-state index in [9.17, 15) is 29.1 Å². The Morgan fingerprint density at radius 1 is 0.580 bits per heavy atom. The van der Waals surface area contributed by atoms with Crippen molar-refractivity contribution >= 4 is 48.1 Å². The number of benzene rings is 2. The molecular formula is C51H100N6O12. The van der Waals surface area contributed by atoms with E-state index in [-0.39, 0.29) is 38.1 Å². The monoisotopic (exact) mass is 989 g/mol. The van der Waals surface area contributed by atoms with Crippen LogP contribution in [-0.4, -0.2) is 170 Å². The average Bonchev–Trinajstić information content (AvgIpc) is 3.37. The van der Waals surface area contributed by atoms with Crippen LogP contribution in [0, 0.1) is 48.5 Å². The zero-order valence-electron chi connectivity index (χ0n) is 47.1. The zero-order chi connectivity index (χ0) is 56.6. The quantitative estimate of drug-likeness (QED) is 0.0697. The predicted octanol–water partition coefficient (Wildman–Crippen LogP) is 5.45. The van der Waals surface area contributed by atoms with Crippen LogP contribution in [0.2, 0.25) is 0 Å². The van der Waals surface area contributed by atoms with E-state index in [1.807, 2.05) is 123 Å². The fourth-order valence-corrected chi connectivity index (χ4v) is 5.69. The Labute approximate surface area is 417 Å². The van der Waals surface area contributed by atoms with Gasteiger partial charge in [0.15, 0.2) is 6.29 Å². The Balaban J connectivity index is -0.000000128. The van der Waals surface area contributed by atoms with Gasteiger partial charge in [0.2, 0.25) is 12.3 Å². The van der Waals surface area contributed by atoms with Crippen molar-refractivity contribution < 1.29 is 59.4 Å². The molecule has 0 aromatic heterocycles. The molecule has 18 nitrogen and oxygen atoms in total. The van der Waals surface area contributed by atoms with Gasteiger partial charge in [-0.2, -0.15) is 0 Å². The number of aliphatic hydroxyl groups excluding tert-OH is 6. The Hall–Kier alpha value is -4.82. The minimum atomic E-state index is -1.04. The lowest BCUT2D eigenvalue weighted by atomic mass is 9.90. The van der Waals surface area contributed by atoms with Crippen molar-refractivity contribution in [1.29, 1.82) is 0 Å².